The number of fused-ring (bicyclic) bond motifs is 1. The molecule has 4 rings (SSSR count). The van der Waals surface area contributed by atoms with Gasteiger partial charge in [-0.2, -0.15) is 0 Å². The molecule has 0 aliphatic carbocycles. The highest BCUT2D eigenvalue weighted by molar-refractivity contribution is 7.20. The molecule has 0 saturated carbocycles. The van der Waals surface area contributed by atoms with Gasteiger partial charge in [-0.05, 0) is 36.6 Å². The minimum absolute atomic E-state index is 0.111. The molecule has 0 fully saturated rings. The van der Waals surface area contributed by atoms with Crippen LogP contribution in [0.3, 0.4) is 0 Å². The maximum atomic E-state index is 12.9. The van der Waals surface area contributed by atoms with Gasteiger partial charge in [0.05, 0.1) is 24.5 Å². The van der Waals surface area contributed by atoms with E-state index in [2.05, 4.69) is 25.6 Å². The maximum absolute atomic E-state index is 12.9. The number of methoxy groups -OCH3 is 2. The van der Waals surface area contributed by atoms with E-state index in [0.717, 1.165) is 33.3 Å². The van der Waals surface area contributed by atoms with Gasteiger partial charge in [0.2, 0.25) is 0 Å². The van der Waals surface area contributed by atoms with Crippen LogP contribution in [0.1, 0.15) is 26.4 Å². The largest absolute Gasteiger partial charge is 0.493 e. The molecule has 4 aromatic rings. The smallest absolute Gasteiger partial charge is 0.261 e. The zero-order chi connectivity index (χ0) is 23.2. The molecule has 3 aromatic heterocycles. The number of aromatic nitrogens is 3. The summed E-state index contributed by atoms with van der Waals surface area (Å²) in [6.45, 7) is 2.94. The number of amides is 1. The molecular weight excluding hydrogens is 438 g/mol. The summed E-state index contributed by atoms with van der Waals surface area (Å²) in [5.74, 6) is 1.91. The molecule has 9 heteroatoms. The Labute approximate surface area is 196 Å². The first-order valence-electron chi connectivity index (χ1n) is 10.5. The number of aryl methyl sites for hydroxylation is 1. The molecule has 0 aliphatic heterocycles. The van der Waals surface area contributed by atoms with E-state index >= 15 is 0 Å². The summed E-state index contributed by atoms with van der Waals surface area (Å²) >= 11 is 1.37. The molecule has 0 atom stereocenters. The van der Waals surface area contributed by atoms with Gasteiger partial charge in [-0.25, -0.2) is 9.97 Å². The van der Waals surface area contributed by atoms with Crippen LogP contribution in [-0.2, 0) is 13.0 Å². The van der Waals surface area contributed by atoms with Crippen LogP contribution in [0.25, 0.3) is 10.2 Å². The third kappa shape index (κ3) is 4.88. The third-order valence-electron chi connectivity index (χ3n) is 5.29. The van der Waals surface area contributed by atoms with Crippen molar-refractivity contribution in [3.63, 3.8) is 0 Å². The van der Waals surface area contributed by atoms with E-state index in [9.17, 15) is 4.79 Å². The van der Waals surface area contributed by atoms with Crippen molar-refractivity contribution in [1.29, 1.82) is 0 Å². The number of benzene rings is 1. The Morgan fingerprint density at radius 1 is 1.12 bits per heavy atom. The molecule has 2 N–H and O–H groups in total. The number of thiophene rings is 1. The highest BCUT2D eigenvalue weighted by atomic mass is 32.1. The van der Waals surface area contributed by atoms with Crippen molar-refractivity contribution in [2.75, 3.05) is 26.1 Å². The molecule has 3 heterocycles. The lowest BCUT2D eigenvalue weighted by Gasteiger charge is -2.13. The third-order valence-corrected chi connectivity index (χ3v) is 6.48. The normalized spacial score (nSPS) is 10.8. The van der Waals surface area contributed by atoms with Crippen LogP contribution in [0.4, 0.5) is 5.82 Å². The fourth-order valence-corrected chi connectivity index (χ4v) is 4.71. The standard InChI is InChI=1S/C24H25N5O3S/c1-15-19-22(27-13-17-7-4-8-18(31-2)20(17)32-3)28-14-29-24(19)33-21(15)23(30)26-11-9-16-6-5-10-25-12-16/h4-8,10,12,14H,9,11,13H2,1-3H3,(H,26,30)(H,27,28,29). The summed E-state index contributed by atoms with van der Waals surface area (Å²) in [5, 5.41) is 7.22. The highest BCUT2D eigenvalue weighted by Crippen LogP contribution is 2.35. The van der Waals surface area contributed by atoms with Crippen molar-refractivity contribution in [3.8, 4) is 11.5 Å². The summed E-state index contributed by atoms with van der Waals surface area (Å²) in [6.07, 6.45) is 5.77. The first-order chi connectivity index (χ1) is 16.1. The van der Waals surface area contributed by atoms with Gasteiger partial charge in [0.15, 0.2) is 11.5 Å². The molecule has 170 valence electrons. The molecular formula is C24H25N5O3S. The van der Waals surface area contributed by atoms with Gasteiger partial charge in [0, 0.05) is 31.0 Å². The quantitative estimate of drug-likeness (QED) is 0.387. The van der Waals surface area contributed by atoms with Gasteiger partial charge in [0.1, 0.15) is 17.0 Å². The number of nitrogens with one attached hydrogen (secondary N) is 2. The zero-order valence-corrected chi connectivity index (χ0v) is 19.5. The Balaban J connectivity index is 1.51. The molecule has 8 nitrogen and oxygen atoms in total. The Morgan fingerprint density at radius 2 is 2.00 bits per heavy atom. The number of nitrogens with zero attached hydrogens (tertiary/aromatic N) is 3. The number of hydrogen-bond acceptors (Lipinski definition) is 8. The van der Waals surface area contributed by atoms with Crippen LogP contribution in [0.5, 0.6) is 11.5 Å². The fourth-order valence-electron chi connectivity index (χ4n) is 3.64. The summed E-state index contributed by atoms with van der Waals surface area (Å²) in [4.78, 5) is 27.2. The van der Waals surface area contributed by atoms with Crippen LogP contribution >= 0.6 is 11.3 Å². The van der Waals surface area contributed by atoms with E-state index in [0.29, 0.717) is 35.3 Å². The van der Waals surface area contributed by atoms with Crippen LogP contribution in [-0.4, -0.2) is 41.6 Å². The predicted octanol–water partition coefficient (Wildman–Crippen LogP) is 4.00. The molecule has 33 heavy (non-hydrogen) atoms. The second-order valence-corrected chi connectivity index (χ2v) is 8.33. The molecule has 0 saturated heterocycles. The van der Waals surface area contributed by atoms with Crippen LogP contribution in [0.15, 0.2) is 49.1 Å². The minimum atomic E-state index is -0.111. The number of pyridine rings is 1. The Hall–Kier alpha value is -3.72. The van der Waals surface area contributed by atoms with E-state index in [1.165, 1.54) is 17.7 Å². The zero-order valence-electron chi connectivity index (χ0n) is 18.7. The summed E-state index contributed by atoms with van der Waals surface area (Å²) in [6, 6.07) is 9.62. The summed E-state index contributed by atoms with van der Waals surface area (Å²) < 4.78 is 10.9. The molecule has 0 aliphatic rings. The van der Waals surface area contributed by atoms with Gasteiger partial charge in [-0.3, -0.25) is 9.78 Å². The van der Waals surface area contributed by atoms with E-state index in [-0.39, 0.29) is 5.91 Å². The molecule has 1 amide bonds. The highest BCUT2D eigenvalue weighted by Gasteiger charge is 2.19. The van der Waals surface area contributed by atoms with Crippen LogP contribution in [0, 0.1) is 6.92 Å². The number of ether oxygens (including phenoxy) is 2. The van der Waals surface area contributed by atoms with Crippen LogP contribution in [0.2, 0.25) is 0 Å². The van der Waals surface area contributed by atoms with Crippen molar-refractivity contribution < 1.29 is 14.3 Å². The number of carbonyl (C=O) groups excluding carboxylic acids is 1. The molecule has 0 bridgehead atoms. The second kappa shape index (κ2) is 10.3. The Bertz CT molecular complexity index is 1260. The maximum Gasteiger partial charge on any atom is 0.261 e. The molecule has 0 radical (unpaired) electrons. The Morgan fingerprint density at radius 3 is 2.76 bits per heavy atom. The van der Waals surface area contributed by atoms with Gasteiger partial charge in [0.25, 0.3) is 5.91 Å². The molecule has 0 spiro atoms. The average molecular weight is 464 g/mol. The van der Waals surface area contributed by atoms with E-state index < -0.39 is 0 Å². The van der Waals surface area contributed by atoms with Gasteiger partial charge in [-0.15, -0.1) is 11.3 Å². The molecule has 0 unspecified atom stereocenters. The van der Waals surface area contributed by atoms with E-state index in [1.54, 1.807) is 20.4 Å². The number of rotatable bonds is 9. The van der Waals surface area contributed by atoms with Crippen molar-refractivity contribution in [1.82, 2.24) is 20.3 Å². The van der Waals surface area contributed by atoms with Crippen LogP contribution < -0.4 is 20.1 Å². The first kappa shape index (κ1) is 22.5. The van der Waals surface area contributed by atoms with E-state index in [1.807, 2.05) is 43.5 Å². The van der Waals surface area contributed by atoms with Crippen molar-refractivity contribution in [2.45, 2.75) is 19.9 Å². The monoisotopic (exact) mass is 463 g/mol. The lowest BCUT2D eigenvalue weighted by molar-refractivity contribution is 0.0957. The van der Waals surface area contributed by atoms with Crippen molar-refractivity contribution >= 4 is 33.3 Å². The minimum Gasteiger partial charge on any atom is -0.493 e. The van der Waals surface area contributed by atoms with Gasteiger partial charge >= 0.3 is 0 Å². The van der Waals surface area contributed by atoms with Crippen molar-refractivity contribution in [3.05, 3.63) is 70.6 Å². The Kier molecular flexibility index (Phi) is 6.99. The fraction of sp³-hybridized carbons (Fsp3) is 0.250. The topological polar surface area (TPSA) is 98.3 Å². The van der Waals surface area contributed by atoms with E-state index in [4.69, 9.17) is 9.47 Å². The number of hydrogen-bond donors (Lipinski definition) is 2. The predicted molar refractivity (Wildman–Crippen MR) is 129 cm³/mol. The average Bonchev–Trinajstić information content (AvgIpc) is 3.20. The lowest BCUT2D eigenvalue weighted by atomic mass is 10.1. The number of para-hydroxylation sites is 1. The second-order valence-electron chi connectivity index (χ2n) is 7.33. The van der Waals surface area contributed by atoms with Gasteiger partial charge < -0.3 is 20.1 Å². The number of anilines is 1. The summed E-state index contributed by atoms with van der Waals surface area (Å²) in [7, 11) is 3.23. The van der Waals surface area contributed by atoms with Crippen molar-refractivity contribution in [2.24, 2.45) is 0 Å². The first-order valence-corrected chi connectivity index (χ1v) is 11.3. The molecule has 1 aromatic carbocycles. The lowest BCUT2D eigenvalue weighted by Crippen LogP contribution is -2.25. The van der Waals surface area contributed by atoms with Gasteiger partial charge in [-0.1, -0.05) is 18.2 Å². The SMILES string of the molecule is COc1cccc(CNc2ncnc3sc(C(=O)NCCc4cccnc4)c(C)c23)c1OC. The summed E-state index contributed by atoms with van der Waals surface area (Å²) in [5.41, 5.74) is 2.87. The number of carbonyl (C=O) groups is 1.